The molecule has 1 aliphatic heterocycles. The van der Waals surface area contributed by atoms with Gasteiger partial charge in [-0.25, -0.2) is 19.1 Å². The van der Waals surface area contributed by atoms with Crippen LogP contribution in [0.4, 0.5) is 13.6 Å². The molecule has 2 aromatic rings. The second-order valence-corrected chi connectivity index (χ2v) is 8.23. The van der Waals surface area contributed by atoms with Crippen molar-refractivity contribution in [3.8, 4) is 0 Å². The van der Waals surface area contributed by atoms with Gasteiger partial charge < -0.3 is 9.80 Å². The maximum atomic E-state index is 14.0. The quantitative estimate of drug-likeness (QED) is 0.302. The summed E-state index contributed by atoms with van der Waals surface area (Å²) in [4.78, 5) is 40.2. The molecular weight excluding hydrogens is 458 g/mol. The molecule has 186 valence electrons. The molecule has 2 aromatic carbocycles. The molecule has 35 heavy (non-hydrogen) atoms. The lowest BCUT2D eigenvalue weighted by Gasteiger charge is -2.30. The minimum absolute atomic E-state index is 0.161. The van der Waals surface area contributed by atoms with E-state index in [1.54, 1.807) is 24.3 Å². The van der Waals surface area contributed by atoms with Crippen molar-refractivity contribution in [2.45, 2.75) is 25.8 Å². The van der Waals surface area contributed by atoms with Gasteiger partial charge in [0.2, 0.25) is 0 Å². The van der Waals surface area contributed by atoms with E-state index in [1.165, 1.54) is 29.0 Å². The number of nitrogens with zero attached hydrogens (tertiary/aromatic N) is 2. The highest BCUT2D eigenvalue weighted by atomic mass is 19.1. The number of piperidine rings is 1. The molecule has 10 heteroatoms. The van der Waals surface area contributed by atoms with Gasteiger partial charge in [0, 0.05) is 25.7 Å². The number of halogens is 2. The highest BCUT2D eigenvalue weighted by molar-refractivity contribution is 6.04. The molecule has 0 unspecified atom stereocenters. The van der Waals surface area contributed by atoms with Gasteiger partial charge in [-0.05, 0) is 55.3 Å². The van der Waals surface area contributed by atoms with Gasteiger partial charge >= 0.3 is 6.03 Å². The summed E-state index contributed by atoms with van der Waals surface area (Å²) in [5.41, 5.74) is 2.16. The summed E-state index contributed by atoms with van der Waals surface area (Å²) in [6.45, 7) is 2.94. The molecule has 0 spiro atoms. The summed E-state index contributed by atoms with van der Waals surface area (Å²) in [7, 11) is 0. The van der Waals surface area contributed by atoms with Crippen LogP contribution in [0.15, 0.2) is 48.5 Å². The Labute approximate surface area is 202 Å². The SMILES string of the molecule is O=C(/C=C/c1ccc(CN(CCN2CCCCC2)C(=O)NC(=O)c2c(F)cccc2F)cc1)NO. The van der Waals surface area contributed by atoms with Gasteiger partial charge in [0.15, 0.2) is 0 Å². The fraction of sp³-hybridized carbons (Fsp3) is 0.320. The Morgan fingerprint density at radius 1 is 1.00 bits per heavy atom. The second-order valence-electron chi connectivity index (χ2n) is 8.23. The highest BCUT2D eigenvalue weighted by Gasteiger charge is 2.23. The van der Waals surface area contributed by atoms with E-state index in [1.807, 2.05) is 0 Å². The van der Waals surface area contributed by atoms with Crippen molar-refractivity contribution in [3.05, 3.63) is 76.9 Å². The summed E-state index contributed by atoms with van der Waals surface area (Å²) >= 11 is 0. The maximum absolute atomic E-state index is 14.0. The molecule has 1 aliphatic rings. The summed E-state index contributed by atoms with van der Waals surface area (Å²) in [6.07, 6.45) is 6.02. The number of urea groups is 1. The first-order valence-electron chi connectivity index (χ1n) is 11.3. The van der Waals surface area contributed by atoms with Crippen molar-refractivity contribution in [1.29, 1.82) is 0 Å². The number of carbonyl (C=O) groups excluding carboxylic acids is 3. The van der Waals surface area contributed by atoms with Crippen molar-refractivity contribution >= 4 is 23.9 Å². The molecule has 0 bridgehead atoms. The van der Waals surface area contributed by atoms with E-state index >= 15 is 0 Å². The number of hydrogen-bond acceptors (Lipinski definition) is 5. The van der Waals surface area contributed by atoms with Crippen LogP contribution >= 0.6 is 0 Å². The zero-order chi connectivity index (χ0) is 25.2. The monoisotopic (exact) mass is 486 g/mol. The molecule has 0 aromatic heterocycles. The van der Waals surface area contributed by atoms with Crippen LogP contribution < -0.4 is 10.8 Å². The van der Waals surface area contributed by atoms with Gasteiger partial charge in [-0.2, -0.15) is 0 Å². The zero-order valence-corrected chi connectivity index (χ0v) is 19.2. The first-order chi connectivity index (χ1) is 16.9. The van der Waals surface area contributed by atoms with Gasteiger partial charge in [-0.3, -0.25) is 20.1 Å². The Morgan fingerprint density at radius 2 is 1.66 bits per heavy atom. The number of likely N-dealkylation sites (tertiary alicyclic amines) is 1. The molecule has 3 rings (SSSR count). The van der Waals surface area contributed by atoms with Gasteiger partial charge in [0.25, 0.3) is 11.8 Å². The highest BCUT2D eigenvalue weighted by Crippen LogP contribution is 2.14. The molecule has 0 aliphatic carbocycles. The topological polar surface area (TPSA) is 102 Å². The molecular formula is C25H28F2N4O4. The normalized spacial score (nSPS) is 14.0. The van der Waals surface area contributed by atoms with Gasteiger partial charge in [0.1, 0.15) is 17.2 Å². The fourth-order valence-electron chi connectivity index (χ4n) is 3.81. The number of hydrogen-bond donors (Lipinski definition) is 3. The van der Waals surface area contributed by atoms with Crippen LogP contribution in [0, 0.1) is 11.6 Å². The number of carbonyl (C=O) groups is 3. The largest absolute Gasteiger partial charge is 0.324 e. The van der Waals surface area contributed by atoms with Crippen molar-refractivity contribution in [3.63, 3.8) is 0 Å². The van der Waals surface area contributed by atoms with E-state index in [0.29, 0.717) is 18.7 Å². The average Bonchev–Trinajstić information content (AvgIpc) is 2.86. The smallest absolute Gasteiger partial charge is 0.319 e. The zero-order valence-electron chi connectivity index (χ0n) is 19.2. The summed E-state index contributed by atoms with van der Waals surface area (Å²) in [5.74, 6) is -3.90. The molecule has 8 nitrogen and oxygen atoms in total. The standard InChI is InChI=1S/C25H28F2N4O4/c26-20-5-4-6-21(27)23(20)24(33)28-25(34)31(16-15-30-13-2-1-3-14-30)17-19-9-7-18(8-10-19)11-12-22(32)29-35/h4-12,35H,1-3,13-17H2,(H,29,32)(H,28,33,34)/b12-11+. The van der Waals surface area contributed by atoms with E-state index < -0.39 is 35.0 Å². The molecule has 1 fully saturated rings. The van der Waals surface area contributed by atoms with E-state index in [4.69, 9.17) is 5.21 Å². The maximum Gasteiger partial charge on any atom is 0.324 e. The summed E-state index contributed by atoms with van der Waals surface area (Å²) in [6, 6.07) is 9.29. The third kappa shape index (κ3) is 7.69. The van der Waals surface area contributed by atoms with Gasteiger partial charge in [0.05, 0.1) is 0 Å². The Balaban J connectivity index is 1.71. The molecule has 4 amide bonds. The third-order valence-corrected chi connectivity index (χ3v) is 5.72. The Bertz CT molecular complexity index is 1050. The van der Waals surface area contributed by atoms with Crippen LogP contribution in [0.1, 0.15) is 40.7 Å². The average molecular weight is 487 g/mol. The van der Waals surface area contributed by atoms with Crippen molar-refractivity contribution in [1.82, 2.24) is 20.6 Å². The lowest BCUT2D eigenvalue weighted by Crippen LogP contribution is -2.46. The fourth-order valence-corrected chi connectivity index (χ4v) is 3.81. The summed E-state index contributed by atoms with van der Waals surface area (Å²) < 4.78 is 28.0. The molecule has 0 atom stereocenters. The molecule has 1 heterocycles. The number of nitrogens with one attached hydrogen (secondary N) is 2. The first kappa shape index (κ1) is 26.0. The van der Waals surface area contributed by atoms with Crippen LogP contribution in [0.2, 0.25) is 0 Å². The minimum Gasteiger partial charge on any atom is -0.319 e. The lowest BCUT2D eigenvalue weighted by molar-refractivity contribution is -0.124. The molecule has 0 saturated carbocycles. The molecule has 1 saturated heterocycles. The third-order valence-electron chi connectivity index (χ3n) is 5.72. The number of benzene rings is 2. The summed E-state index contributed by atoms with van der Waals surface area (Å²) in [5, 5.41) is 10.7. The Hall–Kier alpha value is -3.63. The second kappa shape index (κ2) is 12.7. The van der Waals surface area contributed by atoms with E-state index in [0.717, 1.165) is 49.7 Å². The number of rotatable bonds is 8. The van der Waals surface area contributed by atoms with Crippen LogP contribution in [0.25, 0.3) is 6.08 Å². The van der Waals surface area contributed by atoms with E-state index in [2.05, 4.69) is 10.2 Å². The van der Waals surface area contributed by atoms with Crippen molar-refractivity contribution < 1.29 is 28.4 Å². The number of amides is 4. The van der Waals surface area contributed by atoms with Crippen molar-refractivity contribution in [2.75, 3.05) is 26.2 Å². The van der Waals surface area contributed by atoms with Crippen LogP contribution in [-0.4, -0.2) is 59.0 Å². The van der Waals surface area contributed by atoms with Crippen molar-refractivity contribution in [2.24, 2.45) is 0 Å². The Morgan fingerprint density at radius 3 is 2.29 bits per heavy atom. The molecule has 3 N–H and O–H groups in total. The van der Waals surface area contributed by atoms with E-state index in [-0.39, 0.29) is 6.54 Å². The van der Waals surface area contributed by atoms with Gasteiger partial charge in [-0.1, -0.05) is 36.8 Å². The number of hydroxylamine groups is 1. The lowest BCUT2D eigenvalue weighted by atomic mass is 10.1. The predicted molar refractivity (Wildman–Crippen MR) is 125 cm³/mol. The first-order valence-corrected chi connectivity index (χ1v) is 11.3. The van der Waals surface area contributed by atoms with Crippen LogP contribution in [0.5, 0.6) is 0 Å². The predicted octanol–water partition coefficient (Wildman–Crippen LogP) is 3.32. The number of imide groups is 1. The van der Waals surface area contributed by atoms with Crippen LogP contribution in [0.3, 0.4) is 0 Å². The minimum atomic E-state index is -1.14. The Kier molecular flexibility index (Phi) is 9.45. The van der Waals surface area contributed by atoms with Crippen LogP contribution in [-0.2, 0) is 11.3 Å². The molecule has 0 radical (unpaired) electrons. The van der Waals surface area contributed by atoms with E-state index in [9.17, 15) is 23.2 Å². The van der Waals surface area contributed by atoms with Gasteiger partial charge in [-0.15, -0.1) is 0 Å².